The van der Waals surface area contributed by atoms with E-state index < -0.39 is 17.7 Å². The van der Waals surface area contributed by atoms with Crippen LogP contribution in [0.5, 0.6) is 5.75 Å². The van der Waals surface area contributed by atoms with E-state index in [2.05, 4.69) is 6.58 Å². The summed E-state index contributed by atoms with van der Waals surface area (Å²) in [6.45, 7) is 6.04. The fraction of sp³-hybridized carbons (Fsp3) is 0.154. The van der Waals surface area contributed by atoms with Gasteiger partial charge in [-0.25, -0.2) is 0 Å². The number of nitrogens with zero attached hydrogens (tertiary/aromatic N) is 1. The third-order valence-electron chi connectivity index (χ3n) is 5.33. The molecule has 1 atom stereocenters. The van der Waals surface area contributed by atoms with Crippen LogP contribution in [0.1, 0.15) is 28.5 Å². The molecule has 1 N–H and O–H groups in total. The number of Topliss-reactive ketones (excluding diaryl/α,β-unsaturated/α-hetero) is 1. The predicted octanol–water partition coefficient (Wildman–Crippen LogP) is 4.77. The summed E-state index contributed by atoms with van der Waals surface area (Å²) in [7, 11) is 0. The molecule has 1 amide bonds. The maximum absolute atomic E-state index is 13.0. The largest absolute Gasteiger partial charge is 0.507 e. The van der Waals surface area contributed by atoms with Crippen LogP contribution < -0.4 is 4.74 Å². The number of aliphatic hydroxyl groups is 1. The van der Waals surface area contributed by atoms with Crippen molar-refractivity contribution in [2.24, 2.45) is 0 Å². The normalized spacial score (nSPS) is 17.5. The van der Waals surface area contributed by atoms with Gasteiger partial charge in [0.25, 0.3) is 11.7 Å². The molecular formula is C26H23NO5. The van der Waals surface area contributed by atoms with E-state index in [-0.39, 0.29) is 17.9 Å². The van der Waals surface area contributed by atoms with E-state index in [0.717, 1.165) is 11.1 Å². The number of rotatable bonds is 7. The van der Waals surface area contributed by atoms with Gasteiger partial charge in [-0.2, -0.15) is 0 Å². The minimum absolute atomic E-state index is 0.0465. The van der Waals surface area contributed by atoms with Crippen LogP contribution in [0.3, 0.4) is 0 Å². The average Bonchev–Trinajstić information content (AvgIpc) is 3.41. The molecule has 1 unspecified atom stereocenters. The SMILES string of the molecule is C=CCOc1ccc(/C(O)=C2\C(=O)C(=O)N(Cc3ccco3)C2c2ccc(C)cc2)cc1. The highest BCUT2D eigenvalue weighted by Crippen LogP contribution is 2.40. The Morgan fingerprint density at radius 1 is 1.12 bits per heavy atom. The highest BCUT2D eigenvalue weighted by atomic mass is 16.5. The minimum atomic E-state index is -0.739. The Morgan fingerprint density at radius 2 is 1.84 bits per heavy atom. The Kier molecular flexibility index (Phi) is 5.94. The van der Waals surface area contributed by atoms with Crippen molar-refractivity contribution in [1.29, 1.82) is 0 Å². The standard InChI is InChI=1S/C26H23NO5/c1-3-14-31-20-12-10-19(11-13-20)24(28)22-23(18-8-6-17(2)7-9-18)27(26(30)25(22)29)16-21-5-4-15-32-21/h3-13,15,23,28H,1,14,16H2,2H3/b24-22+. The molecule has 6 nitrogen and oxygen atoms in total. The van der Waals surface area contributed by atoms with Crippen LogP contribution in [0, 0.1) is 6.92 Å². The molecular weight excluding hydrogens is 406 g/mol. The number of hydrogen-bond donors (Lipinski definition) is 1. The Morgan fingerprint density at radius 3 is 2.47 bits per heavy atom. The lowest BCUT2D eigenvalue weighted by atomic mass is 9.94. The van der Waals surface area contributed by atoms with Gasteiger partial charge in [0, 0.05) is 5.56 Å². The first kappa shape index (κ1) is 21.2. The maximum Gasteiger partial charge on any atom is 0.296 e. The van der Waals surface area contributed by atoms with E-state index in [4.69, 9.17) is 9.15 Å². The molecule has 0 bridgehead atoms. The molecule has 162 valence electrons. The number of amides is 1. The van der Waals surface area contributed by atoms with Crippen LogP contribution in [-0.2, 0) is 16.1 Å². The Labute approximate surface area is 186 Å². The number of benzene rings is 2. The monoisotopic (exact) mass is 429 g/mol. The van der Waals surface area contributed by atoms with Gasteiger partial charge in [0.05, 0.1) is 24.4 Å². The lowest BCUT2D eigenvalue weighted by Crippen LogP contribution is -2.29. The first-order chi connectivity index (χ1) is 15.5. The number of hydrogen-bond acceptors (Lipinski definition) is 5. The van der Waals surface area contributed by atoms with E-state index >= 15 is 0 Å². The molecule has 4 rings (SSSR count). The summed E-state index contributed by atoms with van der Waals surface area (Å²) in [4.78, 5) is 27.4. The summed E-state index contributed by atoms with van der Waals surface area (Å²) in [5.74, 6) is -0.486. The summed E-state index contributed by atoms with van der Waals surface area (Å²) in [6.07, 6.45) is 3.15. The third kappa shape index (κ3) is 4.07. The number of carbonyl (C=O) groups excluding carboxylic acids is 2. The van der Waals surface area contributed by atoms with E-state index in [1.807, 2.05) is 31.2 Å². The van der Waals surface area contributed by atoms with Crippen molar-refractivity contribution in [3.63, 3.8) is 0 Å². The molecule has 1 saturated heterocycles. The second kappa shape index (κ2) is 8.98. The molecule has 0 aliphatic carbocycles. The smallest absolute Gasteiger partial charge is 0.296 e. The van der Waals surface area contributed by atoms with Gasteiger partial charge in [0.15, 0.2) is 0 Å². The number of ether oxygens (including phenoxy) is 1. The number of ketones is 1. The highest BCUT2D eigenvalue weighted by Gasteiger charge is 2.46. The van der Waals surface area contributed by atoms with Crippen molar-refractivity contribution in [1.82, 2.24) is 4.90 Å². The van der Waals surface area contributed by atoms with Crippen molar-refractivity contribution < 1.29 is 23.8 Å². The van der Waals surface area contributed by atoms with Crippen molar-refractivity contribution >= 4 is 17.4 Å². The number of carbonyl (C=O) groups is 2. The van der Waals surface area contributed by atoms with E-state index in [0.29, 0.717) is 23.7 Å². The van der Waals surface area contributed by atoms with Gasteiger partial charge in [-0.1, -0.05) is 42.5 Å². The number of aryl methyl sites for hydroxylation is 1. The van der Waals surface area contributed by atoms with Gasteiger partial charge in [0.2, 0.25) is 0 Å². The highest BCUT2D eigenvalue weighted by molar-refractivity contribution is 6.46. The van der Waals surface area contributed by atoms with Crippen LogP contribution in [0.4, 0.5) is 0 Å². The van der Waals surface area contributed by atoms with Gasteiger partial charge < -0.3 is 19.2 Å². The Bertz CT molecular complexity index is 1160. The molecule has 0 saturated carbocycles. The van der Waals surface area contributed by atoms with Crippen LogP contribution >= 0.6 is 0 Å². The first-order valence-electron chi connectivity index (χ1n) is 10.2. The molecule has 3 aromatic rings. The van der Waals surface area contributed by atoms with E-state index in [1.165, 1.54) is 11.2 Å². The van der Waals surface area contributed by atoms with Gasteiger partial charge in [-0.3, -0.25) is 9.59 Å². The second-order valence-corrected chi connectivity index (χ2v) is 7.54. The molecule has 2 heterocycles. The Hall–Kier alpha value is -4.06. The summed E-state index contributed by atoms with van der Waals surface area (Å²) < 4.78 is 10.9. The quantitative estimate of drug-likeness (QED) is 0.253. The molecule has 2 aromatic carbocycles. The fourth-order valence-corrected chi connectivity index (χ4v) is 3.73. The van der Waals surface area contributed by atoms with Gasteiger partial charge >= 0.3 is 0 Å². The maximum atomic E-state index is 13.0. The molecule has 32 heavy (non-hydrogen) atoms. The van der Waals surface area contributed by atoms with Gasteiger partial charge in [-0.15, -0.1) is 0 Å². The molecule has 0 spiro atoms. The topological polar surface area (TPSA) is 80.0 Å². The van der Waals surface area contributed by atoms with Crippen molar-refractivity contribution in [3.8, 4) is 5.75 Å². The molecule has 1 aromatic heterocycles. The zero-order valence-corrected chi connectivity index (χ0v) is 17.7. The lowest BCUT2D eigenvalue weighted by Gasteiger charge is -2.24. The van der Waals surface area contributed by atoms with Crippen molar-refractivity contribution in [2.45, 2.75) is 19.5 Å². The van der Waals surface area contributed by atoms with Gasteiger partial charge in [-0.05, 0) is 48.9 Å². The first-order valence-corrected chi connectivity index (χ1v) is 10.2. The number of furan rings is 1. The number of aliphatic hydroxyl groups excluding tert-OH is 1. The lowest BCUT2D eigenvalue weighted by molar-refractivity contribution is -0.140. The van der Waals surface area contributed by atoms with Crippen LogP contribution in [0.15, 0.2) is 89.6 Å². The molecule has 1 aliphatic heterocycles. The van der Waals surface area contributed by atoms with Crippen molar-refractivity contribution in [3.05, 3.63) is 108 Å². The summed E-state index contributed by atoms with van der Waals surface area (Å²) in [6, 6.07) is 17.0. The van der Waals surface area contributed by atoms with Crippen molar-refractivity contribution in [2.75, 3.05) is 6.61 Å². The summed E-state index contributed by atoms with van der Waals surface area (Å²) in [5, 5.41) is 11.1. The van der Waals surface area contributed by atoms with Crippen LogP contribution in [0.2, 0.25) is 0 Å². The van der Waals surface area contributed by atoms with Crippen LogP contribution in [-0.4, -0.2) is 28.3 Å². The van der Waals surface area contributed by atoms with Gasteiger partial charge in [0.1, 0.15) is 23.9 Å². The third-order valence-corrected chi connectivity index (χ3v) is 5.33. The fourth-order valence-electron chi connectivity index (χ4n) is 3.73. The Balaban J connectivity index is 1.78. The average molecular weight is 429 g/mol. The van der Waals surface area contributed by atoms with E-state index in [9.17, 15) is 14.7 Å². The molecule has 6 heteroatoms. The summed E-state index contributed by atoms with van der Waals surface area (Å²) >= 11 is 0. The minimum Gasteiger partial charge on any atom is -0.507 e. The molecule has 1 aliphatic rings. The molecule has 1 fully saturated rings. The zero-order valence-electron chi connectivity index (χ0n) is 17.7. The second-order valence-electron chi connectivity index (χ2n) is 7.54. The van der Waals surface area contributed by atoms with E-state index in [1.54, 1.807) is 42.5 Å². The predicted molar refractivity (Wildman–Crippen MR) is 120 cm³/mol. The summed E-state index contributed by atoms with van der Waals surface area (Å²) in [5.41, 5.74) is 2.25. The number of likely N-dealkylation sites (tertiary alicyclic amines) is 1. The zero-order chi connectivity index (χ0) is 22.7. The molecule has 0 radical (unpaired) electrons. The van der Waals surface area contributed by atoms with Crippen LogP contribution in [0.25, 0.3) is 5.76 Å².